The van der Waals surface area contributed by atoms with Crippen molar-refractivity contribution in [3.05, 3.63) is 50.6 Å². The summed E-state index contributed by atoms with van der Waals surface area (Å²) < 4.78 is 18.7. The monoisotopic (exact) mass is 549 g/mol. The molecule has 2 aliphatic carbocycles. The molecule has 206 valence electrons. The van der Waals surface area contributed by atoms with E-state index in [9.17, 15) is 9.59 Å². The second-order valence-corrected chi connectivity index (χ2v) is 11.7. The van der Waals surface area contributed by atoms with Crippen molar-refractivity contribution in [2.24, 2.45) is 5.10 Å². The highest BCUT2D eigenvalue weighted by Gasteiger charge is 2.31. The molecule has 2 fully saturated rings. The van der Waals surface area contributed by atoms with Crippen LogP contribution in [0.2, 0.25) is 0 Å². The molecule has 3 aliphatic rings. The van der Waals surface area contributed by atoms with E-state index in [2.05, 4.69) is 15.6 Å². The molecule has 3 heterocycles. The first kappa shape index (κ1) is 26.1. The summed E-state index contributed by atoms with van der Waals surface area (Å²) in [6, 6.07) is 6.62. The number of nitrogens with zero attached hydrogens (tertiary/aromatic N) is 3. The number of esters is 1. The summed E-state index contributed by atoms with van der Waals surface area (Å²) in [5.41, 5.74) is 3.84. The molecule has 1 aromatic carbocycles. The number of carbonyl (C=O) groups is 1. The topological polar surface area (TPSA) is 82.4 Å². The maximum absolute atomic E-state index is 13.4. The molecule has 0 amide bonds. The summed E-state index contributed by atoms with van der Waals surface area (Å²) in [7, 11) is 3.41. The molecule has 39 heavy (non-hydrogen) atoms. The Balaban J connectivity index is 1.45. The standard InChI is InChI=1S/C30H35N3O5S/c1-4-38-30(35)23-16-32(18-10-11-18)27-21(28(23)34)13-12-20(29(27)37-3)26-15-22-24(8-5-9-25(22)39-26)31-33-14-6-7-19(33)17-36-2/h12-13,15-16,18-19H,4-11,14,17H2,1-3H3/b31-24-/t19-/m1/s1. The first-order chi connectivity index (χ1) is 19.0. The van der Waals surface area contributed by atoms with Crippen molar-refractivity contribution in [3.63, 3.8) is 0 Å². The lowest BCUT2D eigenvalue weighted by molar-refractivity contribution is 0.0524. The van der Waals surface area contributed by atoms with Gasteiger partial charge in [0.25, 0.3) is 0 Å². The average molecular weight is 550 g/mol. The largest absolute Gasteiger partial charge is 0.494 e. The second kappa shape index (κ2) is 10.8. The van der Waals surface area contributed by atoms with Gasteiger partial charge in [0.15, 0.2) is 5.75 Å². The highest BCUT2D eigenvalue weighted by molar-refractivity contribution is 7.16. The Bertz CT molecular complexity index is 1500. The summed E-state index contributed by atoms with van der Waals surface area (Å²) in [6.45, 7) is 3.64. The first-order valence-corrected chi connectivity index (χ1v) is 14.7. The number of aryl methyl sites for hydroxylation is 1. The van der Waals surface area contributed by atoms with Gasteiger partial charge in [-0.1, -0.05) is 0 Å². The van der Waals surface area contributed by atoms with Gasteiger partial charge in [-0.3, -0.25) is 9.80 Å². The fraction of sp³-hybridized carbons (Fsp3) is 0.500. The number of methoxy groups -OCH3 is 2. The highest BCUT2D eigenvalue weighted by atomic mass is 32.1. The van der Waals surface area contributed by atoms with E-state index in [1.165, 1.54) is 10.4 Å². The number of benzene rings is 1. The normalized spacial score (nSPS) is 20.0. The number of pyridine rings is 1. The predicted molar refractivity (Wildman–Crippen MR) is 153 cm³/mol. The summed E-state index contributed by atoms with van der Waals surface area (Å²) in [6.07, 6.45) is 9.01. The molecule has 0 radical (unpaired) electrons. The van der Waals surface area contributed by atoms with Crippen molar-refractivity contribution in [1.82, 2.24) is 9.58 Å². The molecular weight excluding hydrogens is 514 g/mol. The van der Waals surface area contributed by atoms with Crippen LogP contribution in [0.25, 0.3) is 21.3 Å². The van der Waals surface area contributed by atoms with Gasteiger partial charge in [-0.2, -0.15) is 5.10 Å². The third kappa shape index (κ3) is 4.76. The van der Waals surface area contributed by atoms with Crippen molar-refractivity contribution in [2.45, 2.75) is 64.0 Å². The van der Waals surface area contributed by atoms with Gasteiger partial charge in [0, 0.05) is 46.8 Å². The van der Waals surface area contributed by atoms with Gasteiger partial charge in [0.2, 0.25) is 5.43 Å². The number of fused-ring (bicyclic) bond motifs is 2. The van der Waals surface area contributed by atoms with Crippen molar-refractivity contribution in [2.75, 3.05) is 34.0 Å². The zero-order valence-corrected chi connectivity index (χ0v) is 23.6. The van der Waals surface area contributed by atoms with Crippen molar-refractivity contribution >= 4 is 33.9 Å². The molecular formula is C30H35N3O5S. The Hall–Kier alpha value is -3.17. The molecule has 0 spiro atoms. The van der Waals surface area contributed by atoms with E-state index in [0.29, 0.717) is 23.8 Å². The Morgan fingerprint density at radius 1 is 1.13 bits per heavy atom. The highest BCUT2D eigenvalue weighted by Crippen LogP contribution is 2.45. The maximum atomic E-state index is 13.4. The number of hydrazone groups is 1. The van der Waals surface area contributed by atoms with Crippen LogP contribution in [0, 0.1) is 0 Å². The minimum absolute atomic E-state index is 0.0761. The van der Waals surface area contributed by atoms with E-state index in [4.69, 9.17) is 19.3 Å². The van der Waals surface area contributed by atoms with Crippen molar-refractivity contribution in [3.8, 4) is 16.2 Å². The van der Waals surface area contributed by atoms with Gasteiger partial charge in [0.05, 0.1) is 43.0 Å². The van der Waals surface area contributed by atoms with Gasteiger partial charge in [-0.15, -0.1) is 11.3 Å². The molecule has 2 aromatic heterocycles. The molecule has 1 saturated carbocycles. The quantitative estimate of drug-likeness (QED) is 0.350. The number of aromatic nitrogens is 1. The number of hydrogen-bond donors (Lipinski definition) is 0. The summed E-state index contributed by atoms with van der Waals surface area (Å²) >= 11 is 1.78. The second-order valence-electron chi connectivity index (χ2n) is 10.5. The number of rotatable bonds is 8. The van der Waals surface area contributed by atoms with Crippen LogP contribution in [0.4, 0.5) is 0 Å². The fourth-order valence-electron chi connectivity index (χ4n) is 5.93. The number of carbonyl (C=O) groups excluding carboxylic acids is 1. The summed E-state index contributed by atoms with van der Waals surface area (Å²) in [5, 5.41) is 7.83. The SMILES string of the molecule is CCOC(=O)c1cn(C2CC2)c2c(OC)c(-c3cc4c(s3)CCC/C4=N/N3CCC[C@@H]3COC)ccc2c1=O. The first-order valence-electron chi connectivity index (χ1n) is 13.9. The third-order valence-corrected chi connectivity index (χ3v) is 9.17. The molecule has 0 unspecified atom stereocenters. The Labute approximate surface area is 232 Å². The molecule has 8 nitrogen and oxygen atoms in total. The van der Waals surface area contributed by atoms with Crippen molar-refractivity contribution < 1.29 is 19.0 Å². The lowest BCUT2D eigenvalue weighted by Gasteiger charge is -2.23. The van der Waals surface area contributed by atoms with Crippen LogP contribution in [0.3, 0.4) is 0 Å². The van der Waals surface area contributed by atoms with E-state index < -0.39 is 5.97 Å². The van der Waals surface area contributed by atoms with Gasteiger partial charge >= 0.3 is 5.97 Å². The maximum Gasteiger partial charge on any atom is 0.343 e. The van der Waals surface area contributed by atoms with Gasteiger partial charge in [0.1, 0.15) is 5.56 Å². The smallest absolute Gasteiger partial charge is 0.343 e. The number of thiophene rings is 1. The molecule has 1 atom stereocenters. The fourth-order valence-corrected chi connectivity index (χ4v) is 7.18. The third-order valence-electron chi connectivity index (χ3n) is 7.94. The van der Waals surface area contributed by atoms with Crippen LogP contribution in [0.15, 0.2) is 34.3 Å². The molecule has 0 N–H and O–H groups in total. The minimum atomic E-state index is -0.578. The zero-order chi connectivity index (χ0) is 27.1. The van der Waals surface area contributed by atoms with Crippen LogP contribution < -0.4 is 10.2 Å². The lowest BCUT2D eigenvalue weighted by Crippen LogP contribution is -2.30. The van der Waals surface area contributed by atoms with Gasteiger partial charge in [-0.05, 0) is 70.1 Å². The van der Waals surface area contributed by atoms with Crippen LogP contribution >= 0.6 is 11.3 Å². The number of hydrogen-bond acceptors (Lipinski definition) is 8. The van der Waals surface area contributed by atoms with Crippen molar-refractivity contribution in [1.29, 1.82) is 0 Å². The Kier molecular flexibility index (Phi) is 7.20. The molecule has 9 heteroatoms. The Morgan fingerprint density at radius 2 is 1.97 bits per heavy atom. The average Bonchev–Trinajstić information content (AvgIpc) is 3.54. The van der Waals surface area contributed by atoms with Crippen LogP contribution in [-0.2, 0) is 15.9 Å². The van der Waals surface area contributed by atoms with E-state index >= 15 is 0 Å². The van der Waals surface area contributed by atoms with E-state index in [-0.39, 0.29) is 23.6 Å². The molecule has 3 aromatic rings. The Morgan fingerprint density at radius 3 is 2.72 bits per heavy atom. The minimum Gasteiger partial charge on any atom is -0.494 e. The molecule has 6 rings (SSSR count). The van der Waals surface area contributed by atoms with Crippen LogP contribution in [0.5, 0.6) is 5.75 Å². The summed E-state index contributed by atoms with van der Waals surface area (Å²) in [4.78, 5) is 28.4. The summed E-state index contributed by atoms with van der Waals surface area (Å²) in [5.74, 6) is 0.0917. The van der Waals surface area contributed by atoms with Gasteiger partial charge in [-0.25, -0.2) is 4.79 Å². The van der Waals surface area contributed by atoms with E-state index in [1.807, 2.05) is 12.1 Å². The molecule has 0 bridgehead atoms. The number of ether oxygens (including phenoxy) is 3. The van der Waals surface area contributed by atoms with E-state index in [1.54, 1.807) is 38.7 Å². The van der Waals surface area contributed by atoms with E-state index in [0.717, 1.165) is 73.2 Å². The zero-order valence-electron chi connectivity index (χ0n) is 22.8. The molecule has 1 aliphatic heterocycles. The lowest BCUT2D eigenvalue weighted by atomic mass is 9.96. The predicted octanol–water partition coefficient (Wildman–Crippen LogP) is 5.40. The van der Waals surface area contributed by atoms with Gasteiger partial charge < -0.3 is 18.8 Å². The molecule has 1 saturated heterocycles. The van der Waals surface area contributed by atoms with Crippen LogP contribution in [0.1, 0.15) is 72.3 Å². The van der Waals surface area contributed by atoms with Crippen LogP contribution in [-0.4, -0.2) is 61.3 Å².